The molecular weight excluding hydrogens is 242 g/mol. The van der Waals surface area contributed by atoms with E-state index >= 15 is 0 Å². The van der Waals surface area contributed by atoms with Crippen LogP contribution >= 0.6 is 11.6 Å². The Bertz CT molecular complexity index is 413. The van der Waals surface area contributed by atoms with Crippen molar-refractivity contribution in [1.29, 1.82) is 0 Å². The first-order chi connectivity index (χ1) is 7.45. The second kappa shape index (κ2) is 5.07. The zero-order valence-electron chi connectivity index (χ0n) is 8.08. The Balaban J connectivity index is 3.24. The van der Waals surface area contributed by atoms with Gasteiger partial charge in [0.05, 0.1) is 12.3 Å². The van der Waals surface area contributed by atoms with E-state index in [9.17, 15) is 13.6 Å². The second-order valence-corrected chi connectivity index (χ2v) is 3.34. The molecule has 4 nitrogen and oxygen atoms in total. The third-order valence-electron chi connectivity index (χ3n) is 1.97. The second-order valence-electron chi connectivity index (χ2n) is 3.07. The van der Waals surface area contributed by atoms with E-state index in [4.69, 9.17) is 22.4 Å². The average Bonchev–Trinajstić information content (AvgIpc) is 2.16. The number of alkyl halides is 3. The van der Waals surface area contributed by atoms with Gasteiger partial charge in [0, 0.05) is 5.56 Å². The summed E-state index contributed by atoms with van der Waals surface area (Å²) in [4.78, 5) is 14.0. The lowest BCUT2D eigenvalue weighted by Gasteiger charge is -2.10. The molecule has 1 aromatic rings. The minimum atomic E-state index is -2.79. The van der Waals surface area contributed by atoms with Crippen molar-refractivity contribution in [2.24, 2.45) is 0 Å². The van der Waals surface area contributed by atoms with Gasteiger partial charge in [0.25, 0.3) is 6.43 Å². The van der Waals surface area contributed by atoms with Gasteiger partial charge in [0.15, 0.2) is 0 Å². The van der Waals surface area contributed by atoms with Crippen molar-refractivity contribution < 1.29 is 18.7 Å². The van der Waals surface area contributed by atoms with Crippen molar-refractivity contribution in [1.82, 2.24) is 4.98 Å². The minimum Gasteiger partial charge on any atom is -0.481 e. The Morgan fingerprint density at radius 3 is 2.69 bits per heavy atom. The fraction of sp³-hybridized carbons (Fsp3) is 0.333. The van der Waals surface area contributed by atoms with Gasteiger partial charge in [-0.25, -0.2) is 13.8 Å². The Kier molecular flexibility index (Phi) is 4.00. The van der Waals surface area contributed by atoms with Crippen molar-refractivity contribution in [3.05, 3.63) is 22.9 Å². The third kappa shape index (κ3) is 2.79. The molecule has 0 amide bonds. The summed E-state index contributed by atoms with van der Waals surface area (Å²) >= 11 is 5.55. The van der Waals surface area contributed by atoms with Crippen LogP contribution in [0.15, 0.2) is 6.07 Å². The van der Waals surface area contributed by atoms with Crippen LogP contribution in [-0.4, -0.2) is 16.1 Å². The molecule has 0 saturated carbocycles. The summed E-state index contributed by atoms with van der Waals surface area (Å²) in [5, 5.41) is 8.62. The number of aliphatic carboxylic acids is 1. The van der Waals surface area contributed by atoms with Gasteiger partial charge in [-0.2, -0.15) is 0 Å². The molecule has 0 atom stereocenters. The van der Waals surface area contributed by atoms with Crippen molar-refractivity contribution in [2.75, 3.05) is 5.73 Å². The van der Waals surface area contributed by atoms with Crippen LogP contribution in [0.3, 0.4) is 0 Å². The lowest BCUT2D eigenvalue weighted by atomic mass is 10.1. The molecular formula is C9H9ClF2N2O2. The van der Waals surface area contributed by atoms with Crippen LogP contribution in [0.4, 0.5) is 14.6 Å². The highest BCUT2D eigenvalue weighted by Gasteiger charge is 2.17. The summed E-state index contributed by atoms with van der Waals surface area (Å²) < 4.78 is 24.8. The molecule has 0 fully saturated rings. The minimum absolute atomic E-state index is 0.0645. The Morgan fingerprint density at radius 1 is 1.62 bits per heavy atom. The standard InChI is InChI=1S/C9H9ClF2N2O2/c10-3-5-4(2-7(15)16)1-6(8(11)12)14-9(5)13/h1,8H,2-3H2,(H2,13,14)(H,15,16). The van der Waals surface area contributed by atoms with Gasteiger partial charge in [-0.1, -0.05) is 0 Å². The lowest BCUT2D eigenvalue weighted by molar-refractivity contribution is -0.136. The van der Waals surface area contributed by atoms with Crippen LogP contribution in [0.5, 0.6) is 0 Å². The third-order valence-corrected chi connectivity index (χ3v) is 2.23. The molecule has 0 aromatic carbocycles. The number of nitrogen functional groups attached to an aromatic ring is 1. The molecule has 1 heterocycles. The van der Waals surface area contributed by atoms with Crippen molar-refractivity contribution >= 4 is 23.4 Å². The van der Waals surface area contributed by atoms with Crippen molar-refractivity contribution in [3.8, 4) is 0 Å². The Hall–Kier alpha value is -1.43. The molecule has 0 spiro atoms. The summed E-state index contributed by atoms with van der Waals surface area (Å²) in [6, 6.07) is 1.02. The Labute approximate surface area is 95.0 Å². The maximum atomic E-state index is 12.4. The van der Waals surface area contributed by atoms with Gasteiger partial charge < -0.3 is 10.8 Å². The predicted octanol–water partition coefficient (Wildman–Crippen LogP) is 1.97. The average molecular weight is 251 g/mol. The van der Waals surface area contributed by atoms with Crippen molar-refractivity contribution in [3.63, 3.8) is 0 Å². The van der Waals surface area contributed by atoms with E-state index in [1.54, 1.807) is 0 Å². The molecule has 88 valence electrons. The first kappa shape index (κ1) is 12.6. The largest absolute Gasteiger partial charge is 0.481 e. The maximum absolute atomic E-state index is 12.4. The molecule has 7 heteroatoms. The van der Waals surface area contributed by atoms with Gasteiger partial charge in [0.2, 0.25) is 0 Å². The van der Waals surface area contributed by atoms with E-state index in [1.807, 2.05) is 0 Å². The first-order valence-corrected chi connectivity index (χ1v) is 4.83. The number of halogens is 3. The zero-order chi connectivity index (χ0) is 12.3. The summed E-state index contributed by atoms with van der Waals surface area (Å²) in [6.07, 6.45) is -3.20. The number of carboxylic acid groups (broad SMARTS) is 1. The number of carboxylic acids is 1. The highest BCUT2D eigenvalue weighted by Crippen LogP contribution is 2.25. The maximum Gasteiger partial charge on any atom is 0.307 e. The topological polar surface area (TPSA) is 76.2 Å². The van der Waals surface area contributed by atoms with Crippen LogP contribution in [0, 0.1) is 0 Å². The summed E-state index contributed by atoms with van der Waals surface area (Å²) in [6.45, 7) is 0. The molecule has 16 heavy (non-hydrogen) atoms. The SMILES string of the molecule is Nc1nc(C(F)F)cc(CC(=O)O)c1CCl. The molecule has 0 aliphatic heterocycles. The summed E-state index contributed by atoms with van der Waals surface area (Å²) in [5.74, 6) is -1.36. The normalized spacial score (nSPS) is 10.8. The number of hydrogen-bond acceptors (Lipinski definition) is 3. The van der Waals surface area contributed by atoms with Crippen LogP contribution in [-0.2, 0) is 17.1 Å². The van der Waals surface area contributed by atoms with Gasteiger partial charge in [-0.15, -0.1) is 11.6 Å². The van der Waals surface area contributed by atoms with Gasteiger partial charge in [0.1, 0.15) is 11.5 Å². The molecule has 1 rings (SSSR count). The van der Waals surface area contributed by atoms with Crippen LogP contribution in [0.25, 0.3) is 0 Å². The summed E-state index contributed by atoms with van der Waals surface area (Å²) in [7, 11) is 0. The zero-order valence-corrected chi connectivity index (χ0v) is 8.84. The van der Waals surface area contributed by atoms with Crippen LogP contribution < -0.4 is 5.73 Å². The molecule has 0 aliphatic rings. The quantitative estimate of drug-likeness (QED) is 0.801. The number of aromatic nitrogens is 1. The number of nitrogens with zero attached hydrogens (tertiary/aromatic N) is 1. The summed E-state index contributed by atoms with van der Waals surface area (Å²) in [5.41, 5.74) is 5.34. The van der Waals surface area contributed by atoms with Gasteiger partial charge in [-0.3, -0.25) is 4.79 Å². The molecule has 0 aliphatic carbocycles. The monoisotopic (exact) mass is 250 g/mol. The van der Waals surface area contributed by atoms with Crippen LogP contribution in [0.2, 0.25) is 0 Å². The van der Waals surface area contributed by atoms with Gasteiger partial charge in [-0.05, 0) is 11.6 Å². The number of anilines is 1. The lowest BCUT2D eigenvalue weighted by Crippen LogP contribution is -2.09. The van der Waals surface area contributed by atoms with E-state index in [2.05, 4.69) is 4.98 Å². The van der Waals surface area contributed by atoms with E-state index in [-0.39, 0.29) is 22.8 Å². The smallest absolute Gasteiger partial charge is 0.307 e. The molecule has 0 unspecified atom stereocenters. The molecule has 0 radical (unpaired) electrons. The van der Waals surface area contributed by atoms with Crippen LogP contribution in [0.1, 0.15) is 23.2 Å². The number of hydrogen-bond donors (Lipinski definition) is 2. The highest BCUT2D eigenvalue weighted by atomic mass is 35.5. The van der Waals surface area contributed by atoms with E-state index in [0.29, 0.717) is 0 Å². The molecule has 0 bridgehead atoms. The van der Waals surface area contributed by atoms with Crippen molar-refractivity contribution in [2.45, 2.75) is 18.7 Å². The Morgan fingerprint density at radius 2 is 2.25 bits per heavy atom. The van der Waals surface area contributed by atoms with E-state index in [0.717, 1.165) is 6.07 Å². The molecule has 0 saturated heterocycles. The number of nitrogens with two attached hydrogens (primary N) is 1. The number of rotatable bonds is 4. The van der Waals surface area contributed by atoms with E-state index < -0.39 is 24.5 Å². The predicted molar refractivity (Wildman–Crippen MR) is 54.5 cm³/mol. The first-order valence-electron chi connectivity index (χ1n) is 4.29. The fourth-order valence-electron chi connectivity index (χ4n) is 1.26. The number of carbonyl (C=O) groups is 1. The fourth-order valence-corrected chi connectivity index (χ4v) is 1.56. The highest BCUT2D eigenvalue weighted by molar-refractivity contribution is 6.17. The van der Waals surface area contributed by atoms with E-state index in [1.165, 1.54) is 0 Å². The molecule has 3 N–H and O–H groups in total. The molecule has 1 aromatic heterocycles. The number of pyridine rings is 1. The van der Waals surface area contributed by atoms with Gasteiger partial charge >= 0.3 is 5.97 Å².